The zero-order chi connectivity index (χ0) is 20.1. The van der Waals surface area contributed by atoms with Gasteiger partial charge in [-0.15, -0.1) is 0 Å². The molecule has 0 radical (unpaired) electrons. The molecule has 3 aromatic rings. The summed E-state index contributed by atoms with van der Waals surface area (Å²) in [6.07, 6.45) is 0. The van der Waals surface area contributed by atoms with Crippen molar-refractivity contribution in [2.75, 3.05) is 10.6 Å². The highest BCUT2D eigenvalue weighted by molar-refractivity contribution is 6.09. The van der Waals surface area contributed by atoms with E-state index in [0.717, 1.165) is 0 Å². The Bertz CT molecular complexity index is 1030. The van der Waals surface area contributed by atoms with E-state index >= 15 is 0 Å². The average Bonchev–Trinajstić information content (AvgIpc) is 2.69. The topological polar surface area (TPSA) is 101 Å². The summed E-state index contributed by atoms with van der Waals surface area (Å²) >= 11 is 0. The fourth-order valence-corrected chi connectivity index (χ4v) is 2.68. The first-order valence-electron chi connectivity index (χ1n) is 8.47. The minimum atomic E-state index is -0.532. The molecule has 0 aliphatic rings. The number of carbonyl (C=O) groups is 2. The van der Waals surface area contributed by atoms with Crippen molar-refractivity contribution in [3.63, 3.8) is 0 Å². The molecule has 0 bridgehead atoms. The van der Waals surface area contributed by atoms with E-state index in [9.17, 15) is 19.7 Å². The Labute approximate surface area is 161 Å². The van der Waals surface area contributed by atoms with Crippen molar-refractivity contribution in [3.05, 3.63) is 94.0 Å². The average molecular weight is 375 g/mol. The van der Waals surface area contributed by atoms with Crippen LogP contribution in [0.5, 0.6) is 0 Å². The maximum absolute atomic E-state index is 12.5. The highest BCUT2D eigenvalue weighted by Gasteiger charge is 2.18. The van der Waals surface area contributed by atoms with Crippen molar-refractivity contribution < 1.29 is 14.5 Å². The first-order chi connectivity index (χ1) is 13.4. The molecular formula is C21H17N3O4. The van der Waals surface area contributed by atoms with E-state index in [4.69, 9.17) is 0 Å². The van der Waals surface area contributed by atoms with Crippen LogP contribution in [0.15, 0.2) is 72.8 Å². The molecule has 0 unspecified atom stereocenters. The highest BCUT2D eigenvalue weighted by Crippen LogP contribution is 2.30. The van der Waals surface area contributed by atoms with Crippen LogP contribution in [0.4, 0.5) is 22.7 Å². The van der Waals surface area contributed by atoms with Crippen molar-refractivity contribution in [3.8, 4) is 0 Å². The third-order valence-electron chi connectivity index (χ3n) is 3.98. The number of hydrogen-bond donors (Lipinski definition) is 2. The number of anilines is 3. The van der Waals surface area contributed by atoms with Gasteiger partial charge in [0, 0.05) is 35.5 Å². The minimum Gasteiger partial charge on any atom is -0.350 e. The molecule has 0 fully saturated rings. The Hall–Kier alpha value is -4.00. The fraction of sp³-hybridized carbons (Fsp3) is 0.0476. The molecule has 140 valence electrons. The predicted octanol–water partition coefficient (Wildman–Crippen LogP) is 4.53. The number of nitro benzene ring substituents is 1. The molecular weight excluding hydrogens is 358 g/mol. The lowest BCUT2D eigenvalue weighted by Gasteiger charge is -2.10. The smallest absolute Gasteiger partial charge is 0.293 e. The van der Waals surface area contributed by atoms with E-state index in [2.05, 4.69) is 10.6 Å². The lowest BCUT2D eigenvalue weighted by Crippen LogP contribution is -2.05. The summed E-state index contributed by atoms with van der Waals surface area (Å²) in [5.74, 6) is -0.468. The third kappa shape index (κ3) is 4.39. The van der Waals surface area contributed by atoms with Crippen LogP contribution in [0.2, 0.25) is 0 Å². The molecule has 3 aromatic carbocycles. The van der Waals surface area contributed by atoms with Crippen LogP contribution in [-0.4, -0.2) is 16.6 Å². The minimum absolute atomic E-state index is 0.185. The van der Waals surface area contributed by atoms with Gasteiger partial charge in [-0.25, -0.2) is 0 Å². The predicted molar refractivity (Wildman–Crippen MR) is 107 cm³/mol. The maximum atomic E-state index is 12.5. The Morgan fingerprint density at radius 3 is 2.11 bits per heavy atom. The van der Waals surface area contributed by atoms with Gasteiger partial charge in [0.25, 0.3) is 5.69 Å². The second-order valence-electron chi connectivity index (χ2n) is 6.07. The SMILES string of the molecule is CC(=O)Nc1ccc(Nc2ccc(C(=O)c3ccccc3)cc2[N+](=O)[O-])cc1. The van der Waals surface area contributed by atoms with Crippen LogP contribution in [0.25, 0.3) is 0 Å². The zero-order valence-electron chi connectivity index (χ0n) is 15.0. The number of nitrogens with zero attached hydrogens (tertiary/aromatic N) is 1. The van der Waals surface area contributed by atoms with Crippen molar-refractivity contribution in [1.29, 1.82) is 0 Å². The van der Waals surface area contributed by atoms with Crippen molar-refractivity contribution in [2.45, 2.75) is 6.92 Å². The molecule has 0 aliphatic heterocycles. The molecule has 7 nitrogen and oxygen atoms in total. The van der Waals surface area contributed by atoms with E-state index in [0.29, 0.717) is 16.9 Å². The Morgan fingerprint density at radius 2 is 1.50 bits per heavy atom. The standard InChI is InChI=1S/C21H17N3O4/c1-14(25)22-17-8-10-18(11-9-17)23-19-12-7-16(13-20(19)24(27)28)21(26)15-5-3-2-4-6-15/h2-13,23H,1H3,(H,22,25). The third-order valence-corrected chi connectivity index (χ3v) is 3.98. The summed E-state index contributed by atoms with van der Waals surface area (Å²) in [5.41, 5.74) is 2.00. The van der Waals surface area contributed by atoms with Gasteiger partial charge in [0.05, 0.1) is 4.92 Å². The lowest BCUT2D eigenvalue weighted by atomic mass is 10.0. The van der Waals surface area contributed by atoms with Gasteiger partial charge in [-0.3, -0.25) is 19.7 Å². The highest BCUT2D eigenvalue weighted by atomic mass is 16.6. The second kappa shape index (κ2) is 8.13. The van der Waals surface area contributed by atoms with Gasteiger partial charge in [-0.05, 0) is 36.4 Å². The largest absolute Gasteiger partial charge is 0.350 e. The number of hydrogen-bond acceptors (Lipinski definition) is 5. The Morgan fingerprint density at radius 1 is 0.857 bits per heavy atom. The number of ketones is 1. The molecule has 28 heavy (non-hydrogen) atoms. The molecule has 0 spiro atoms. The molecule has 2 N–H and O–H groups in total. The molecule has 0 heterocycles. The van der Waals surface area contributed by atoms with Gasteiger partial charge in [0.15, 0.2) is 5.78 Å². The van der Waals surface area contributed by atoms with Gasteiger partial charge in [-0.2, -0.15) is 0 Å². The van der Waals surface area contributed by atoms with Crippen LogP contribution >= 0.6 is 0 Å². The lowest BCUT2D eigenvalue weighted by molar-refractivity contribution is -0.383. The number of carbonyl (C=O) groups excluding carboxylic acids is 2. The number of nitro groups is 1. The van der Waals surface area contributed by atoms with Crippen LogP contribution in [0, 0.1) is 10.1 Å². The zero-order valence-corrected chi connectivity index (χ0v) is 15.0. The first-order valence-corrected chi connectivity index (χ1v) is 8.47. The van der Waals surface area contributed by atoms with Crippen molar-refractivity contribution in [1.82, 2.24) is 0 Å². The van der Waals surface area contributed by atoms with Crippen LogP contribution in [0.3, 0.4) is 0 Å². The van der Waals surface area contributed by atoms with E-state index < -0.39 is 4.92 Å². The normalized spacial score (nSPS) is 10.2. The summed E-state index contributed by atoms with van der Waals surface area (Å²) in [6.45, 7) is 1.41. The number of amides is 1. The molecule has 0 saturated carbocycles. The van der Waals surface area contributed by atoms with Crippen LogP contribution < -0.4 is 10.6 Å². The Balaban J connectivity index is 1.86. The van der Waals surface area contributed by atoms with Crippen molar-refractivity contribution >= 4 is 34.4 Å². The molecule has 1 amide bonds. The number of nitrogens with one attached hydrogen (secondary N) is 2. The van der Waals surface area contributed by atoms with E-state index in [1.54, 1.807) is 60.7 Å². The summed E-state index contributed by atoms with van der Waals surface area (Å²) in [4.78, 5) is 34.6. The van der Waals surface area contributed by atoms with Crippen molar-refractivity contribution in [2.24, 2.45) is 0 Å². The van der Waals surface area contributed by atoms with Crippen LogP contribution in [-0.2, 0) is 4.79 Å². The molecule has 3 rings (SSSR count). The monoisotopic (exact) mass is 375 g/mol. The molecule has 0 aliphatic carbocycles. The van der Waals surface area contributed by atoms with E-state index in [1.165, 1.54) is 19.1 Å². The quantitative estimate of drug-likeness (QED) is 0.374. The van der Waals surface area contributed by atoms with Gasteiger partial charge in [0.2, 0.25) is 5.91 Å². The van der Waals surface area contributed by atoms with E-state index in [-0.39, 0.29) is 28.6 Å². The Kier molecular flexibility index (Phi) is 5.45. The maximum Gasteiger partial charge on any atom is 0.293 e. The number of rotatable bonds is 6. The van der Waals surface area contributed by atoms with Gasteiger partial charge >= 0.3 is 0 Å². The second-order valence-corrected chi connectivity index (χ2v) is 6.07. The summed E-state index contributed by atoms with van der Waals surface area (Å²) in [7, 11) is 0. The first kappa shape index (κ1) is 18.8. The fourth-order valence-electron chi connectivity index (χ4n) is 2.68. The summed E-state index contributed by atoms with van der Waals surface area (Å²) in [5, 5.41) is 17.1. The van der Waals surface area contributed by atoms with Gasteiger partial charge in [0.1, 0.15) is 5.69 Å². The van der Waals surface area contributed by atoms with Crippen LogP contribution in [0.1, 0.15) is 22.8 Å². The molecule has 0 atom stereocenters. The van der Waals surface area contributed by atoms with Gasteiger partial charge < -0.3 is 10.6 Å². The molecule has 0 aromatic heterocycles. The molecule has 0 saturated heterocycles. The van der Waals surface area contributed by atoms with Gasteiger partial charge in [-0.1, -0.05) is 30.3 Å². The number of benzene rings is 3. The summed E-state index contributed by atoms with van der Waals surface area (Å²) < 4.78 is 0. The molecule has 7 heteroatoms. The van der Waals surface area contributed by atoms with E-state index in [1.807, 2.05) is 0 Å². The summed E-state index contributed by atoms with van der Waals surface area (Å²) in [6, 6.07) is 19.7.